The lowest BCUT2D eigenvalue weighted by Gasteiger charge is -2.32. The summed E-state index contributed by atoms with van der Waals surface area (Å²) in [7, 11) is -0.315. The van der Waals surface area contributed by atoms with E-state index in [0.29, 0.717) is 17.9 Å². The van der Waals surface area contributed by atoms with Crippen LogP contribution in [0.1, 0.15) is 45.6 Å². The molecular formula is C30H32BNO2. The number of rotatable bonds is 3. The second-order valence-corrected chi connectivity index (χ2v) is 10.8. The van der Waals surface area contributed by atoms with Crippen molar-refractivity contribution in [1.82, 2.24) is 0 Å². The molecule has 3 unspecified atom stereocenters. The predicted molar refractivity (Wildman–Crippen MR) is 140 cm³/mol. The maximum Gasteiger partial charge on any atom is 0.494 e. The van der Waals surface area contributed by atoms with Crippen LogP contribution in [0.25, 0.3) is 0 Å². The highest BCUT2D eigenvalue weighted by molar-refractivity contribution is 6.62. The quantitative estimate of drug-likeness (QED) is 0.544. The number of anilines is 1. The highest BCUT2D eigenvalue weighted by Crippen LogP contribution is 2.47. The molecule has 172 valence electrons. The van der Waals surface area contributed by atoms with Crippen molar-refractivity contribution in [3.63, 3.8) is 0 Å². The molecule has 1 saturated heterocycles. The smallest absolute Gasteiger partial charge is 0.399 e. The van der Waals surface area contributed by atoms with Gasteiger partial charge in [0.2, 0.25) is 0 Å². The molecule has 0 radical (unpaired) electrons. The van der Waals surface area contributed by atoms with E-state index in [1.54, 1.807) is 0 Å². The molecule has 0 amide bonds. The summed E-state index contributed by atoms with van der Waals surface area (Å²) in [6.45, 7) is 8.40. The minimum atomic E-state index is -0.322. The summed E-state index contributed by atoms with van der Waals surface area (Å²) >= 11 is 0. The Balaban J connectivity index is 1.25. The molecule has 3 atom stereocenters. The average Bonchev–Trinajstić information content (AvgIpc) is 3.29. The number of para-hydroxylation sites is 1. The topological polar surface area (TPSA) is 21.7 Å². The van der Waals surface area contributed by atoms with Gasteiger partial charge in [0.15, 0.2) is 0 Å². The third-order valence-corrected chi connectivity index (χ3v) is 8.25. The summed E-state index contributed by atoms with van der Waals surface area (Å²) in [5, 5.41) is 0. The molecule has 34 heavy (non-hydrogen) atoms. The first-order valence-corrected chi connectivity index (χ1v) is 12.4. The Morgan fingerprint density at radius 1 is 0.824 bits per heavy atom. The van der Waals surface area contributed by atoms with E-state index in [1.807, 2.05) is 0 Å². The first-order chi connectivity index (χ1) is 16.3. The Bertz CT molecular complexity index is 1190. The molecule has 0 aromatic heterocycles. The molecule has 2 aromatic rings. The predicted octanol–water partition coefficient (Wildman–Crippen LogP) is 5.91. The first kappa shape index (κ1) is 21.7. The fourth-order valence-electron chi connectivity index (χ4n) is 5.60. The van der Waals surface area contributed by atoms with Crippen LogP contribution < -0.4 is 10.4 Å². The van der Waals surface area contributed by atoms with Crippen molar-refractivity contribution in [2.45, 2.75) is 57.3 Å². The van der Waals surface area contributed by atoms with E-state index in [4.69, 9.17) is 9.31 Å². The molecule has 2 aromatic carbocycles. The first-order valence-electron chi connectivity index (χ1n) is 12.4. The SMILES string of the molecule is CC1(C)OB(c2ccc(C3C=CC4=C(C3)C3C=CC=CC3N4c3ccccc3)cc2)OC1(C)C. The number of benzene rings is 2. The molecule has 3 nitrogen and oxygen atoms in total. The Morgan fingerprint density at radius 2 is 1.50 bits per heavy atom. The van der Waals surface area contributed by atoms with Crippen LogP contribution in [0, 0.1) is 5.92 Å². The number of hydrogen-bond donors (Lipinski definition) is 0. The minimum Gasteiger partial charge on any atom is -0.399 e. The normalized spacial score (nSPS) is 28.4. The molecule has 4 heteroatoms. The monoisotopic (exact) mass is 449 g/mol. The van der Waals surface area contributed by atoms with Gasteiger partial charge in [-0.15, -0.1) is 0 Å². The Labute approximate surface area is 203 Å². The van der Waals surface area contributed by atoms with Crippen LogP contribution in [0.3, 0.4) is 0 Å². The molecule has 0 spiro atoms. The van der Waals surface area contributed by atoms with Gasteiger partial charge >= 0.3 is 7.12 Å². The summed E-state index contributed by atoms with van der Waals surface area (Å²) < 4.78 is 12.5. The Kier molecular flexibility index (Phi) is 5.02. The number of nitrogens with zero attached hydrogens (tertiary/aromatic N) is 1. The fourth-order valence-corrected chi connectivity index (χ4v) is 5.60. The fraction of sp³-hybridized carbons (Fsp3) is 0.333. The summed E-state index contributed by atoms with van der Waals surface area (Å²) in [4.78, 5) is 2.51. The van der Waals surface area contributed by atoms with Gasteiger partial charge in [0, 0.05) is 23.2 Å². The van der Waals surface area contributed by atoms with Crippen molar-refractivity contribution in [3.05, 3.63) is 108 Å². The maximum atomic E-state index is 6.24. The van der Waals surface area contributed by atoms with Gasteiger partial charge in [-0.1, -0.05) is 72.8 Å². The van der Waals surface area contributed by atoms with E-state index in [-0.39, 0.29) is 18.3 Å². The van der Waals surface area contributed by atoms with Gasteiger partial charge in [-0.3, -0.25) is 0 Å². The zero-order chi connectivity index (χ0) is 23.5. The standard InChI is InChI=1S/C30H32BNO2/c1-29(2)30(3,4)34-31(33-29)23-17-14-21(15-18-23)22-16-19-28-26(20-22)25-12-8-9-13-27(25)32(28)24-10-6-5-7-11-24/h5-19,22,25,27H,20H2,1-4H3. The van der Waals surface area contributed by atoms with Crippen LogP contribution in [0.2, 0.25) is 0 Å². The van der Waals surface area contributed by atoms with Crippen LogP contribution in [-0.2, 0) is 9.31 Å². The number of allylic oxidation sites excluding steroid dienone is 4. The lowest BCUT2D eigenvalue weighted by molar-refractivity contribution is 0.00578. The molecule has 2 heterocycles. The minimum absolute atomic E-state index is 0.315. The summed E-state index contributed by atoms with van der Waals surface area (Å²) in [5.41, 5.74) is 5.94. The summed E-state index contributed by atoms with van der Waals surface area (Å²) in [6, 6.07) is 20.0. The molecule has 0 saturated carbocycles. The highest BCUT2D eigenvalue weighted by atomic mass is 16.7. The van der Waals surface area contributed by atoms with E-state index >= 15 is 0 Å². The van der Waals surface area contributed by atoms with Crippen LogP contribution in [0.15, 0.2) is 102 Å². The molecule has 2 aliphatic carbocycles. The van der Waals surface area contributed by atoms with Crippen molar-refractivity contribution >= 4 is 18.3 Å². The van der Waals surface area contributed by atoms with E-state index in [9.17, 15) is 0 Å². The van der Waals surface area contributed by atoms with Gasteiger partial charge in [-0.25, -0.2) is 0 Å². The number of fused-ring (bicyclic) bond motifs is 2. The molecule has 0 N–H and O–H groups in total. The number of hydrogen-bond acceptors (Lipinski definition) is 3. The molecule has 0 bridgehead atoms. The maximum absolute atomic E-state index is 6.24. The van der Waals surface area contributed by atoms with Gasteiger partial charge in [0.05, 0.1) is 17.2 Å². The lowest BCUT2D eigenvalue weighted by Crippen LogP contribution is -2.41. The zero-order valence-electron chi connectivity index (χ0n) is 20.4. The third-order valence-electron chi connectivity index (χ3n) is 8.25. The Morgan fingerprint density at radius 3 is 2.21 bits per heavy atom. The van der Waals surface area contributed by atoms with Gasteiger partial charge in [-0.05, 0) is 68.9 Å². The highest BCUT2D eigenvalue weighted by Gasteiger charge is 2.51. The van der Waals surface area contributed by atoms with Gasteiger partial charge < -0.3 is 14.2 Å². The zero-order valence-corrected chi connectivity index (χ0v) is 20.4. The van der Waals surface area contributed by atoms with Crippen LogP contribution in [-0.4, -0.2) is 24.4 Å². The summed E-state index contributed by atoms with van der Waals surface area (Å²) in [5.74, 6) is 0.804. The van der Waals surface area contributed by atoms with E-state index in [2.05, 4.69) is 124 Å². The van der Waals surface area contributed by atoms with Crippen molar-refractivity contribution in [2.24, 2.45) is 5.92 Å². The van der Waals surface area contributed by atoms with Gasteiger partial charge in [0.25, 0.3) is 0 Å². The van der Waals surface area contributed by atoms with Crippen molar-refractivity contribution in [2.75, 3.05) is 4.90 Å². The second-order valence-electron chi connectivity index (χ2n) is 10.8. The molecule has 6 rings (SSSR count). The van der Waals surface area contributed by atoms with Crippen molar-refractivity contribution in [3.8, 4) is 0 Å². The summed E-state index contributed by atoms with van der Waals surface area (Å²) in [6.07, 6.45) is 14.9. The van der Waals surface area contributed by atoms with Crippen LogP contribution >= 0.6 is 0 Å². The average molecular weight is 449 g/mol. The van der Waals surface area contributed by atoms with Crippen molar-refractivity contribution < 1.29 is 9.31 Å². The second kappa shape index (κ2) is 7.86. The molecular weight excluding hydrogens is 417 g/mol. The van der Waals surface area contributed by atoms with E-state index in [1.165, 1.54) is 22.5 Å². The van der Waals surface area contributed by atoms with E-state index < -0.39 is 0 Å². The van der Waals surface area contributed by atoms with Crippen LogP contribution in [0.4, 0.5) is 5.69 Å². The molecule has 4 aliphatic rings. The van der Waals surface area contributed by atoms with Crippen LogP contribution in [0.5, 0.6) is 0 Å². The lowest BCUT2D eigenvalue weighted by atomic mass is 9.77. The van der Waals surface area contributed by atoms with Gasteiger partial charge in [-0.2, -0.15) is 0 Å². The molecule has 2 aliphatic heterocycles. The van der Waals surface area contributed by atoms with Gasteiger partial charge in [0.1, 0.15) is 0 Å². The molecule has 1 fully saturated rings. The van der Waals surface area contributed by atoms with E-state index in [0.717, 1.165) is 11.9 Å². The van der Waals surface area contributed by atoms with Crippen molar-refractivity contribution in [1.29, 1.82) is 0 Å². The third kappa shape index (κ3) is 3.43. The largest absolute Gasteiger partial charge is 0.494 e. The Hall–Kier alpha value is -2.82.